The van der Waals surface area contributed by atoms with Crippen LogP contribution in [0, 0.1) is 0 Å². The highest BCUT2D eigenvalue weighted by Crippen LogP contribution is 2.50. The van der Waals surface area contributed by atoms with E-state index in [0.29, 0.717) is 5.82 Å². The Kier molecular flexibility index (Phi) is 11.4. The molecular weight excluding hydrogens is 915 g/mol. The van der Waals surface area contributed by atoms with Gasteiger partial charge in [-0.3, -0.25) is 0 Å². The lowest BCUT2D eigenvalue weighted by atomic mass is 9.90. The van der Waals surface area contributed by atoms with E-state index in [2.05, 4.69) is 260 Å². The van der Waals surface area contributed by atoms with E-state index in [0.717, 1.165) is 127 Å². The minimum Gasteiger partial charge on any atom is -0.307 e. The van der Waals surface area contributed by atoms with E-state index < -0.39 is 0 Å². The molecule has 13 aromatic rings. The van der Waals surface area contributed by atoms with Gasteiger partial charge in [0, 0.05) is 54.2 Å². The van der Waals surface area contributed by atoms with Gasteiger partial charge >= 0.3 is 0 Å². The fourth-order valence-corrected chi connectivity index (χ4v) is 11.9. The molecule has 10 aromatic carbocycles. The van der Waals surface area contributed by atoms with Gasteiger partial charge in [0.1, 0.15) is 0 Å². The van der Waals surface area contributed by atoms with Crippen LogP contribution in [0.25, 0.3) is 132 Å². The van der Waals surface area contributed by atoms with Gasteiger partial charge in [-0.15, -0.1) is 11.3 Å². The second-order valence-corrected chi connectivity index (χ2v) is 19.6. The zero-order chi connectivity index (χ0) is 49.5. The van der Waals surface area contributed by atoms with Crippen molar-refractivity contribution in [2.24, 2.45) is 0 Å². The molecule has 13 rings (SSSR count). The monoisotopic (exact) mass is 961 g/mol. The topological polar surface area (TPSA) is 30.7 Å². The van der Waals surface area contributed by atoms with E-state index >= 15 is 0 Å². The Morgan fingerprint density at radius 2 is 0.851 bits per heavy atom. The molecule has 0 saturated heterocycles. The largest absolute Gasteiger partial charge is 0.307 e. The van der Waals surface area contributed by atoms with Crippen LogP contribution in [0.4, 0.5) is 0 Å². The summed E-state index contributed by atoms with van der Waals surface area (Å²) in [6.07, 6.45) is 5.92. The normalized spacial score (nSPS) is 11.7. The summed E-state index contributed by atoms with van der Waals surface area (Å²) in [4.78, 5) is 10.9. The lowest BCUT2D eigenvalue weighted by molar-refractivity contribution is 1.17. The zero-order valence-corrected chi connectivity index (χ0v) is 41.3. The van der Waals surface area contributed by atoms with Crippen LogP contribution in [0.15, 0.2) is 274 Å². The molecule has 0 saturated carbocycles. The van der Waals surface area contributed by atoms with Gasteiger partial charge < -0.3 is 4.57 Å². The van der Waals surface area contributed by atoms with Gasteiger partial charge in [0.25, 0.3) is 0 Å². The van der Waals surface area contributed by atoms with Crippen molar-refractivity contribution in [2.45, 2.75) is 0 Å². The fraction of sp³-hybridized carbons (Fsp3) is 0. The van der Waals surface area contributed by atoms with Crippen molar-refractivity contribution < 1.29 is 0 Å². The van der Waals surface area contributed by atoms with Crippen molar-refractivity contribution in [3.05, 3.63) is 280 Å². The summed E-state index contributed by atoms with van der Waals surface area (Å²) in [6, 6.07) is 87.3. The van der Waals surface area contributed by atoms with Gasteiger partial charge in [0.05, 0.1) is 32.6 Å². The maximum atomic E-state index is 5.55. The van der Waals surface area contributed by atoms with Crippen LogP contribution in [-0.2, 0) is 0 Å². The van der Waals surface area contributed by atoms with E-state index in [9.17, 15) is 0 Å². The fourth-order valence-electron chi connectivity index (χ4n) is 10.7. The van der Waals surface area contributed by atoms with E-state index in [-0.39, 0.29) is 0 Å². The molecular formula is C70H47N3S. The third-order valence-electron chi connectivity index (χ3n) is 14.1. The molecule has 3 heterocycles. The van der Waals surface area contributed by atoms with Crippen LogP contribution < -0.4 is 0 Å². The van der Waals surface area contributed by atoms with Gasteiger partial charge in [-0.25, -0.2) is 9.97 Å². The standard InChI is InChI=1S/C70H47N3S/c1-3-25-46(4-2)57-44-55(64-69-65(56-38-23-24-39-63(56)74-69)72-70(71-64)52-36-21-10-22-37-52)45-60(51-34-19-9-20-35-51)66(57)73-67-58(49-30-15-7-16-31-49)40-53(47-26-11-5-12-27-47)42-61(67)62-43-54(48-28-13-6-14-29-48)41-59(68(62)73)50-32-17-8-18-33-50/h3-45H,1-2H2/b46-25+. The molecule has 0 aliphatic carbocycles. The maximum Gasteiger partial charge on any atom is 0.160 e. The third kappa shape index (κ3) is 7.77. The summed E-state index contributed by atoms with van der Waals surface area (Å²) in [5.74, 6) is 0.681. The molecule has 3 aromatic heterocycles. The minimum absolute atomic E-state index is 0.681. The number of hydrogen-bond acceptors (Lipinski definition) is 3. The Balaban J connectivity index is 1.26. The zero-order valence-electron chi connectivity index (χ0n) is 40.5. The number of benzene rings is 10. The molecule has 0 atom stereocenters. The SMILES string of the molecule is C=C/C=C(\C=C)c1cc(-c2nc(-c3ccccc3)nc3c2sc2ccccc23)cc(-c2ccccc2)c1-n1c2c(-c3ccccc3)cc(-c3ccccc3)cc2c2cc(-c3ccccc3)cc(-c3ccccc3)c21. The number of nitrogens with zero attached hydrogens (tertiary/aromatic N) is 3. The number of hydrogen-bond donors (Lipinski definition) is 0. The van der Waals surface area contributed by atoms with E-state index in [1.807, 2.05) is 18.2 Å². The highest BCUT2D eigenvalue weighted by atomic mass is 32.1. The van der Waals surface area contributed by atoms with E-state index in [1.165, 1.54) is 4.70 Å². The molecule has 0 amide bonds. The van der Waals surface area contributed by atoms with Crippen molar-refractivity contribution in [3.63, 3.8) is 0 Å². The van der Waals surface area contributed by atoms with Gasteiger partial charge in [-0.05, 0) is 87.0 Å². The van der Waals surface area contributed by atoms with Crippen LogP contribution in [0.3, 0.4) is 0 Å². The Labute approximate surface area is 434 Å². The maximum absolute atomic E-state index is 5.55. The molecule has 74 heavy (non-hydrogen) atoms. The van der Waals surface area contributed by atoms with Crippen LogP contribution in [-0.4, -0.2) is 14.5 Å². The Hall–Kier alpha value is -9.48. The molecule has 0 spiro atoms. The second kappa shape index (κ2) is 18.9. The number of allylic oxidation sites excluding steroid dienone is 4. The Bertz CT molecular complexity index is 4150. The first-order valence-electron chi connectivity index (χ1n) is 25.0. The predicted octanol–water partition coefficient (Wildman–Crippen LogP) is 19.4. The lowest BCUT2D eigenvalue weighted by Gasteiger charge is -2.23. The molecule has 348 valence electrons. The Morgan fingerprint density at radius 1 is 0.405 bits per heavy atom. The third-order valence-corrected chi connectivity index (χ3v) is 15.3. The smallest absolute Gasteiger partial charge is 0.160 e. The highest BCUT2D eigenvalue weighted by Gasteiger charge is 2.28. The molecule has 4 heteroatoms. The second-order valence-electron chi connectivity index (χ2n) is 18.5. The first-order chi connectivity index (χ1) is 36.6. The average Bonchev–Trinajstić information content (AvgIpc) is 4.03. The van der Waals surface area contributed by atoms with Crippen LogP contribution in [0.2, 0.25) is 0 Å². The van der Waals surface area contributed by atoms with Crippen molar-refractivity contribution in [1.82, 2.24) is 14.5 Å². The molecule has 0 radical (unpaired) electrons. The average molecular weight is 962 g/mol. The summed E-state index contributed by atoms with van der Waals surface area (Å²) < 4.78 is 4.78. The summed E-state index contributed by atoms with van der Waals surface area (Å²) in [5, 5.41) is 3.41. The molecule has 3 nitrogen and oxygen atoms in total. The van der Waals surface area contributed by atoms with Gasteiger partial charge in [-0.2, -0.15) is 0 Å². The summed E-state index contributed by atoms with van der Waals surface area (Å²) in [7, 11) is 0. The first-order valence-corrected chi connectivity index (χ1v) is 25.8. The quantitative estimate of drug-likeness (QED) is 0.121. The van der Waals surface area contributed by atoms with Crippen LogP contribution in [0.5, 0.6) is 0 Å². The van der Waals surface area contributed by atoms with Crippen molar-refractivity contribution in [1.29, 1.82) is 0 Å². The lowest BCUT2D eigenvalue weighted by Crippen LogP contribution is -2.05. The van der Waals surface area contributed by atoms with Crippen LogP contribution in [0.1, 0.15) is 5.56 Å². The summed E-state index contributed by atoms with van der Waals surface area (Å²) in [6.45, 7) is 8.78. The first kappa shape index (κ1) is 44.5. The molecule has 0 aliphatic rings. The summed E-state index contributed by atoms with van der Waals surface area (Å²) in [5.41, 5.74) is 20.1. The predicted molar refractivity (Wildman–Crippen MR) is 316 cm³/mol. The van der Waals surface area contributed by atoms with Crippen molar-refractivity contribution in [2.75, 3.05) is 0 Å². The highest BCUT2D eigenvalue weighted by molar-refractivity contribution is 7.26. The molecule has 0 bridgehead atoms. The van der Waals surface area contributed by atoms with E-state index in [1.54, 1.807) is 11.3 Å². The van der Waals surface area contributed by atoms with Crippen molar-refractivity contribution in [3.8, 4) is 84.0 Å². The van der Waals surface area contributed by atoms with Gasteiger partial charge in [0.15, 0.2) is 5.82 Å². The summed E-state index contributed by atoms with van der Waals surface area (Å²) >= 11 is 1.74. The van der Waals surface area contributed by atoms with Crippen molar-refractivity contribution >= 4 is 59.0 Å². The van der Waals surface area contributed by atoms with E-state index in [4.69, 9.17) is 9.97 Å². The molecule has 0 unspecified atom stereocenters. The van der Waals surface area contributed by atoms with Gasteiger partial charge in [0.2, 0.25) is 0 Å². The molecule has 0 aliphatic heterocycles. The number of aromatic nitrogens is 3. The minimum atomic E-state index is 0.681. The Morgan fingerprint density at radius 3 is 1.35 bits per heavy atom. The van der Waals surface area contributed by atoms with Crippen LogP contribution >= 0.6 is 11.3 Å². The number of fused-ring (bicyclic) bond motifs is 6. The van der Waals surface area contributed by atoms with Gasteiger partial charge in [-0.1, -0.05) is 232 Å². The molecule has 0 fully saturated rings. The molecule has 0 N–H and O–H groups in total. The number of rotatable bonds is 11. The number of thiophene rings is 1.